The Hall–Kier alpha value is -2.78. The second-order valence-corrected chi connectivity index (χ2v) is 6.85. The van der Waals surface area contributed by atoms with E-state index >= 15 is 0 Å². The van der Waals surface area contributed by atoms with Gasteiger partial charge in [0.1, 0.15) is 0 Å². The largest absolute Gasteiger partial charge is 0.329 e. The van der Waals surface area contributed by atoms with Gasteiger partial charge in [-0.3, -0.25) is 14.9 Å². The third-order valence-corrected chi connectivity index (χ3v) is 4.92. The van der Waals surface area contributed by atoms with Gasteiger partial charge in [-0.1, -0.05) is 23.4 Å². The van der Waals surface area contributed by atoms with Gasteiger partial charge in [-0.05, 0) is 38.4 Å². The summed E-state index contributed by atoms with van der Waals surface area (Å²) in [6, 6.07) is 6.51. The lowest BCUT2D eigenvalue weighted by Crippen LogP contribution is -2.32. The minimum Gasteiger partial charge on any atom is -0.329 e. The number of nitrogens with zero attached hydrogens (tertiary/aromatic N) is 5. The Balaban J connectivity index is 0.00000300. The Morgan fingerprint density at radius 2 is 2.17 bits per heavy atom. The molecule has 0 aliphatic carbocycles. The van der Waals surface area contributed by atoms with Gasteiger partial charge >= 0.3 is 0 Å². The van der Waals surface area contributed by atoms with Gasteiger partial charge in [-0.15, -0.1) is 24.1 Å². The SMILES string of the molecule is C=CCN(Cc1cccc([N+](=O)[O-])c1)C(=O)c1nnn(C2CCNCC2)c1C.Cl. The predicted molar refractivity (Wildman–Crippen MR) is 111 cm³/mol. The van der Waals surface area contributed by atoms with Crippen LogP contribution in [0.2, 0.25) is 0 Å². The van der Waals surface area contributed by atoms with Crippen LogP contribution in [0.4, 0.5) is 5.69 Å². The molecular formula is C19H25ClN6O3. The van der Waals surface area contributed by atoms with Gasteiger partial charge in [0.15, 0.2) is 5.69 Å². The molecule has 0 spiro atoms. The summed E-state index contributed by atoms with van der Waals surface area (Å²) in [6.07, 6.45) is 3.52. The molecule has 1 amide bonds. The number of hydrogen-bond acceptors (Lipinski definition) is 6. The number of nitro groups is 1. The minimum atomic E-state index is -0.446. The number of hydrogen-bond donors (Lipinski definition) is 1. The molecule has 0 saturated carbocycles. The summed E-state index contributed by atoms with van der Waals surface area (Å²) in [5, 5.41) is 22.7. The molecule has 1 saturated heterocycles. The van der Waals surface area contributed by atoms with Crippen molar-refractivity contribution in [2.75, 3.05) is 19.6 Å². The third kappa shape index (κ3) is 5.18. The highest BCUT2D eigenvalue weighted by atomic mass is 35.5. The van der Waals surface area contributed by atoms with E-state index in [0.717, 1.165) is 31.6 Å². The van der Waals surface area contributed by atoms with Crippen LogP contribution in [0.15, 0.2) is 36.9 Å². The van der Waals surface area contributed by atoms with E-state index in [1.54, 1.807) is 23.1 Å². The molecule has 0 atom stereocenters. The maximum Gasteiger partial charge on any atom is 0.276 e. The van der Waals surface area contributed by atoms with Gasteiger partial charge in [0.2, 0.25) is 0 Å². The van der Waals surface area contributed by atoms with E-state index in [4.69, 9.17) is 0 Å². The predicted octanol–water partition coefficient (Wildman–Crippen LogP) is 2.67. The second kappa shape index (κ2) is 10.1. The lowest BCUT2D eigenvalue weighted by atomic mass is 10.1. The molecular weight excluding hydrogens is 396 g/mol. The Morgan fingerprint density at radius 3 is 2.83 bits per heavy atom. The van der Waals surface area contributed by atoms with E-state index in [-0.39, 0.29) is 36.6 Å². The molecule has 1 N–H and O–H groups in total. The maximum atomic E-state index is 13.1. The highest BCUT2D eigenvalue weighted by Gasteiger charge is 2.26. The quantitative estimate of drug-likeness (QED) is 0.419. The van der Waals surface area contributed by atoms with E-state index in [2.05, 4.69) is 22.2 Å². The van der Waals surface area contributed by atoms with Gasteiger partial charge in [0.25, 0.3) is 11.6 Å². The molecule has 0 unspecified atom stereocenters. The smallest absolute Gasteiger partial charge is 0.276 e. The number of rotatable bonds is 7. The van der Waals surface area contributed by atoms with Crippen molar-refractivity contribution in [2.24, 2.45) is 0 Å². The molecule has 0 radical (unpaired) electrons. The summed E-state index contributed by atoms with van der Waals surface area (Å²) < 4.78 is 1.84. The molecule has 1 aromatic heterocycles. The van der Waals surface area contributed by atoms with Crippen LogP contribution >= 0.6 is 12.4 Å². The molecule has 1 aliphatic rings. The molecule has 1 aromatic carbocycles. The molecule has 156 valence electrons. The van der Waals surface area contributed by atoms with Gasteiger partial charge in [0, 0.05) is 25.2 Å². The van der Waals surface area contributed by atoms with E-state index in [9.17, 15) is 14.9 Å². The van der Waals surface area contributed by atoms with Crippen molar-refractivity contribution < 1.29 is 9.72 Å². The summed E-state index contributed by atoms with van der Waals surface area (Å²) >= 11 is 0. The zero-order valence-electron chi connectivity index (χ0n) is 16.3. The lowest BCUT2D eigenvalue weighted by Gasteiger charge is -2.24. The number of nitro benzene ring substituents is 1. The zero-order chi connectivity index (χ0) is 20.1. The molecule has 10 heteroatoms. The van der Waals surface area contributed by atoms with Gasteiger partial charge in [-0.2, -0.15) is 0 Å². The number of non-ortho nitro benzene ring substituents is 1. The first-order valence-electron chi connectivity index (χ1n) is 9.27. The molecule has 29 heavy (non-hydrogen) atoms. The number of amides is 1. The molecule has 1 aliphatic heterocycles. The van der Waals surface area contributed by atoms with Gasteiger partial charge < -0.3 is 10.2 Å². The number of piperidine rings is 1. The van der Waals surface area contributed by atoms with Crippen LogP contribution in [-0.2, 0) is 6.54 Å². The monoisotopic (exact) mass is 420 g/mol. The number of benzene rings is 1. The van der Waals surface area contributed by atoms with Crippen LogP contribution < -0.4 is 5.32 Å². The zero-order valence-corrected chi connectivity index (χ0v) is 17.1. The molecule has 3 rings (SSSR count). The molecule has 0 bridgehead atoms. The fourth-order valence-electron chi connectivity index (χ4n) is 3.45. The summed E-state index contributed by atoms with van der Waals surface area (Å²) in [4.78, 5) is 25.2. The fraction of sp³-hybridized carbons (Fsp3) is 0.421. The number of carbonyl (C=O) groups excluding carboxylic acids is 1. The first-order chi connectivity index (χ1) is 13.5. The average molecular weight is 421 g/mol. The van der Waals surface area contributed by atoms with Crippen molar-refractivity contribution in [3.63, 3.8) is 0 Å². The lowest BCUT2D eigenvalue weighted by molar-refractivity contribution is -0.384. The normalized spacial score (nSPS) is 14.1. The van der Waals surface area contributed by atoms with Crippen LogP contribution in [0.3, 0.4) is 0 Å². The fourth-order valence-corrected chi connectivity index (χ4v) is 3.45. The third-order valence-electron chi connectivity index (χ3n) is 4.92. The highest BCUT2D eigenvalue weighted by molar-refractivity contribution is 5.93. The molecule has 2 heterocycles. The van der Waals surface area contributed by atoms with Crippen molar-refractivity contribution in [2.45, 2.75) is 32.4 Å². The van der Waals surface area contributed by atoms with E-state index < -0.39 is 4.92 Å². The molecule has 2 aromatic rings. The van der Waals surface area contributed by atoms with Crippen molar-refractivity contribution in [3.8, 4) is 0 Å². The number of nitrogens with one attached hydrogen (secondary N) is 1. The first-order valence-corrected chi connectivity index (χ1v) is 9.27. The Morgan fingerprint density at radius 1 is 1.45 bits per heavy atom. The number of halogens is 1. The van der Waals surface area contributed by atoms with E-state index in [1.807, 2.05) is 11.6 Å². The number of carbonyl (C=O) groups is 1. The second-order valence-electron chi connectivity index (χ2n) is 6.85. The first kappa shape index (κ1) is 22.5. The van der Waals surface area contributed by atoms with Crippen LogP contribution in [0.5, 0.6) is 0 Å². The van der Waals surface area contributed by atoms with Crippen LogP contribution in [-0.4, -0.2) is 50.4 Å². The standard InChI is InChI=1S/C19H24N6O3.ClH/c1-3-11-23(13-15-5-4-6-17(12-15)25(27)28)19(26)18-14(2)24(22-21-18)16-7-9-20-10-8-16;/h3-6,12,16,20H,1,7-11,13H2,2H3;1H. The average Bonchev–Trinajstić information content (AvgIpc) is 3.09. The molecule has 1 fully saturated rings. The van der Waals surface area contributed by atoms with Crippen molar-refractivity contribution in [1.82, 2.24) is 25.2 Å². The number of aromatic nitrogens is 3. The van der Waals surface area contributed by atoms with Crippen molar-refractivity contribution in [3.05, 3.63) is 64.0 Å². The van der Waals surface area contributed by atoms with Crippen molar-refractivity contribution in [1.29, 1.82) is 0 Å². The van der Waals surface area contributed by atoms with Gasteiger partial charge in [0.05, 0.1) is 16.7 Å². The van der Waals surface area contributed by atoms with E-state index in [0.29, 0.717) is 17.8 Å². The highest BCUT2D eigenvalue weighted by Crippen LogP contribution is 2.22. The van der Waals surface area contributed by atoms with Crippen LogP contribution in [0.1, 0.15) is 40.6 Å². The minimum absolute atomic E-state index is 0. The van der Waals surface area contributed by atoms with E-state index in [1.165, 1.54) is 12.1 Å². The van der Waals surface area contributed by atoms with Crippen LogP contribution in [0.25, 0.3) is 0 Å². The summed E-state index contributed by atoms with van der Waals surface area (Å²) in [6.45, 7) is 7.94. The maximum absolute atomic E-state index is 13.1. The van der Waals surface area contributed by atoms with Gasteiger partial charge in [-0.25, -0.2) is 4.68 Å². The van der Waals surface area contributed by atoms with Crippen molar-refractivity contribution >= 4 is 24.0 Å². The topological polar surface area (TPSA) is 106 Å². The summed E-state index contributed by atoms with van der Waals surface area (Å²) in [7, 11) is 0. The Labute approximate surface area is 175 Å². The Bertz CT molecular complexity index is 879. The summed E-state index contributed by atoms with van der Waals surface area (Å²) in [5.41, 5.74) is 1.72. The molecule has 9 nitrogen and oxygen atoms in total. The van der Waals surface area contributed by atoms with Crippen LogP contribution in [0, 0.1) is 17.0 Å². The summed E-state index contributed by atoms with van der Waals surface area (Å²) in [5.74, 6) is -0.260. The Kier molecular flexibility index (Phi) is 7.86.